The summed E-state index contributed by atoms with van der Waals surface area (Å²) in [5.41, 5.74) is -1.43. The lowest BCUT2D eigenvalue weighted by Gasteiger charge is -2.58. The average Bonchev–Trinajstić information content (AvgIpc) is 2.49. The number of aliphatic hydroxyl groups excluding tert-OH is 1. The molecule has 0 radical (unpaired) electrons. The zero-order chi connectivity index (χ0) is 16.8. The Morgan fingerprint density at radius 1 is 1.26 bits per heavy atom. The first kappa shape index (κ1) is 16.7. The number of hydrogen-bond acceptors (Lipinski definition) is 4. The molecule has 6 rings (SSSR count). The van der Waals surface area contributed by atoms with Crippen LogP contribution in [0.3, 0.4) is 0 Å². The van der Waals surface area contributed by atoms with Gasteiger partial charge >= 0.3 is 0 Å². The van der Waals surface area contributed by atoms with Crippen molar-refractivity contribution in [1.29, 1.82) is 0 Å². The van der Waals surface area contributed by atoms with E-state index in [-0.39, 0.29) is 17.9 Å². The van der Waals surface area contributed by atoms with E-state index >= 15 is 0 Å². The van der Waals surface area contributed by atoms with E-state index in [2.05, 4.69) is 12.2 Å². The summed E-state index contributed by atoms with van der Waals surface area (Å²) in [6, 6.07) is -0.981. The minimum absolute atomic E-state index is 0.0299. The summed E-state index contributed by atoms with van der Waals surface area (Å²) < 4.78 is 0. The van der Waals surface area contributed by atoms with Gasteiger partial charge in [-0.15, -0.1) is 0 Å². The molecule has 5 aliphatic heterocycles. The Hall–Kier alpha value is -1.14. The van der Waals surface area contributed by atoms with Gasteiger partial charge in [-0.2, -0.15) is 0 Å². The summed E-state index contributed by atoms with van der Waals surface area (Å²) in [6.07, 6.45) is 3.26. The highest BCUT2D eigenvalue weighted by molar-refractivity contribution is 5.89. The molecule has 0 aromatic rings. The number of unbranched alkanes of at least 4 members (excludes halogenated alkanes) is 1. The molecule has 5 saturated heterocycles. The van der Waals surface area contributed by atoms with Crippen LogP contribution in [-0.4, -0.2) is 57.3 Å². The minimum Gasteiger partial charge on any atom is -0.388 e. The molecule has 0 spiro atoms. The van der Waals surface area contributed by atoms with Gasteiger partial charge in [0.25, 0.3) is 0 Å². The Morgan fingerprint density at radius 2 is 2.00 bits per heavy atom. The number of piperidine rings is 2. The van der Waals surface area contributed by atoms with Gasteiger partial charge < -0.3 is 20.4 Å². The lowest BCUT2D eigenvalue weighted by atomic mass is 9.61. The third-order valence-electron chi connectivity index (χ3n) is 5.98. The molecule has 0 aromatic heterocycles. The van der Waals surface area contributed by atoms with E-state index in [0.717, 1.165) is 19.3 Å². The smallest absolute Gasteiger partial charge is 0.228 e. The van der Waals surface area contributed by atoms with Crippen LogP contribution >= 0.6 is 0 Å². The number of carbonyl (C=O) groups is 2. The van der Waals surface area contributed by atoms with Gasteiger partial charge in [0.15, 0.2) is 0 Å². The van der Waals surface area contributed by atoms with Gasteiger partial charge in [0.05, 0.1) is 17.9 Å². The molecular formula is C17H28N2O4. The van der Waals surface area contributed by atoms with Gasteiger partial charge in [-0.1, -0.05) is 26.7 Å². The molecule has 6 atom stereocenters. The standard InChI is InChI=1S/C17H28N2O4/c1-3-5-9-19-11-7-6-10(16(19)22)13-14(20)17(23,8-4-2)12(11)15(21)18-13/h10-14,20,23H,3-9H2,1-2H3,(H,18,21)/t10-,11+,12+,13+,14+,17+/m1/s1. The minimum atomic E-state index is -1.43. The number of carbonyl (C=O) groups excluding carboxylic acids is 2. The van der Waals surface area contributed by atoms with E-state index < -0.39 is 29.6 Å². The Kier molecular flexibility index (Phi) is 4.40. The monoisotopic (exact) mass is 324 g/mol. The molecule has 1 saturated carbocycles. The molecule has 6 nitrogen and oxygen atoms in total. The number of aliphatic hydroxyl groups is 2. The molecule has 6 heteroatoms. The zero-order valence-electron chi connectivity index (χ0n) is 14.0. The van der Waals surface area contributed by atoms with E-state index in [1.54, 1.807) is 0 Å². The fourth-order valence-corrected chi connectivity index (χ4v) is 4.88. The molecule has 1 aliphatic carbocycles. The normalized spacial score (nSPS) is 42.6. The third kappa shape index (κ3) is 2.38. The molecule has 6 fully saturated rings. The first-order valence-electron chi connectivity index (χ1n) is 8.97. The molecule has 5 heterocycles. The molecule has 23 heavy (non-hydrogen) atoms. The maximum Gasteiger partial charge on any atom is 0.228 e. The van der Waals surface area contributed by atoms with Gasteiger partial charge in [-0.3, -0.25) is 9.59 Å². The predicted molar refractivity (Wildman–Crippen MR) is 84.4 cm³/mol. The number of amides is 2. The summed E-state index contributed by atoms with van der Waals surface area (Å²) in [4.78, 5) is 27.3. The van der Waals surface area contributed by atoms with Crippen LogP contribution in [0.4, 0.5) is 0 Å². The second-order valence-electron chi connectivity index (χ2n) is 7.33. The van der Waals surface area contributed by atoms with Crippen LogP contribution in [0, 0.1) is 11.8 Å². The van der Waals surface area contributed by atoms with E-state index in [4.69, 9.17) is 0 Å². The molecule has 0 unspecified atom stereocenters. The molecular weight excluding hydrogens is 296 g/mol. The topological polar surface area (TPSA) is 89.9 Å². The van der Waals surface area contributed by atoms with Crippen LogP contribution in [0.15, 0.2) is 0 Å². The molecule has 6 aliphatic rings. The van der Waals surface area contributed by atoms with Crippen LogP contribution in [0.2, 0.25) is 0 Å². The number of nitrogens with one attached hydrogen (secondary N) is 1. The van der Waals surface area contributed by atoms with Gasteiger partial charge in [-0.05, 0) is 25.7 Å². The van der Waals surface area contributed by atoms with Gasteiger partial charge in [0.1, 0.15) is 11.7 Å². The summed E-state index contributed by atoms with van der Waals surface area (Å²) in [6.45, 7) is 4.64. The van der Waals surface area contributed by atoms with Crippen molar-refractivity contribution in [3.63, 3.8) is 0 Å². The van der Waals surface area contributed by atoms with Crippen molar-refractivity contribution in [2.45, 2.75) is 76.2 Å². The van der Waals surface area contributed by atoms with Gasteiger partial charge in [0.2, 0.25) is 11.8 Å². The van der Waals surface area contributed by atoms with Crippen LogP contribution in [0.5, 0.6) is 0 Å². The Labute approximate surface area is 137 Å². The quantitative estimate of drug-likeness (QED) is 0.683. The lowest BCUT2D eigenvalue weighted by Crippen LogP contribution is -2.78. The maximum atomic E-state index is 12.9. The van der Waals surface area contributed by atoms with Crippen LogP contribution in [0.1, 0.15) is 52.4 Å². The van der Waals surface area contributed by atoms with Crippen molar-refractivity contribution in [2.75, 3.05) is 6.54 Å². The molecule has 2 amide bonds. The first-order valence-corrected chi connectivity index (χ1v) is 8.97. The molecule has 130 valence electrons. The summed E-state index contributed by atoms with van der Waals surface area (Å²) in [5.74, 6) is -1.34. The number of nitrogens with zero attached hydrogens (tertiary/aromatic N) is 1. The van der Waals surface area contributed by atoms with Gasteiger partial charge in [-0.25, -0.2) is 0 Å². The van der Waals surface area contributed by atoms with Crippen LogP contribution in [0.25, 0.3) is 0 Å². The first-order chi connectivity index (χ1) is 11.0. The van der Waals surface area contributed by atoms with Crippen LogP contribution < -0.4 is 5.32 Å². The van der Waals surface area contributed by atoms with Crippen molar-refractivity contribution in [2.24, 2.45) is 11.8 Å². The predicted octanol–water partition coefficient (Wildman–Crippen LogP) is 0.414. The summed E-state index contributed by atoms with van der Waals surface area (Å²) >= 11 is 0. The average molecular weight is 324 g/mol. The van der Waals surface area contributed by atoms with E-state index in [1.165, 1.54) is 0 Å². The second-order valence-corrected chi connectivity index (χ2v) is 7.33. The summed E-state index contributed by atoms with van der Waals surface area (Å²) in [5, 5.41) is 24.8. The molecule has 4 bridgehead atoms. The Morgan fingerprint density at radius 3 is 2.65 bits per heavy atom. The maximum absolute atomic E-state index is 12.9. The van der Waals surface area contributed by atoms with Crippen LogP contribution in [-0.2, 0) is 9.59 Å². The van der Waals surface area contributed by atoms with Gasteiger partial charge in [0, 0.05) is 12.6 Å². The summed E-state index contributed by atoms with van der Waals surface area (Å²) in [7, 11) is 0. The van der Waals surface area contributed by atoms with Crippen molar-refractivity contribution >= 4 is 11.8 Å². The van der Waals surface area contributed by atoms with Crippen molar-refractivity contribution < 1.29 is 19.8 Å². The number of hydrogen-bond donors (Lipinski definition) is 3. The number of rotatable bonds is 5. The van der Waals surface area contributed by atoms with E-state index in [1.807, 2.05) is 11.8 Å². The third-order valence-corrected chi connectivity index (χ3v) is 5.98. The van der Waals surface area contributed by atoms with Crippen molar-refractivity contribution in [3.05, 3.63) is 0 Å². The highest BCUT2D eigenvalue weighted by atomic mass is 16.3. The molecule has 3 N–H and O–H groups in total. The Bertz CT molecular complexity index is 497. The Balaban J connectivity index is 2.04. The highest BCUT2D eigenvalue weighted by Gasteiger charge is 2.63. The van der Waals surface area contributed by atoms with Crippen molar-refractivity contribution in [3.8, 4) is 0 Å². The SMILES string of the molecule is CCCCN1C(=O)[C@@H]2CC[C@H]1[C@H]1C(=O)N[C@@H]2[C@H](O)[C@]1(O)CCC. The van der Waals surface area contributed by atoms with E-state index in [0.29, 0.717) is 25.8 Å². The van der Waals surface area contributed by atoms with E-state index in [9.17, 15) is 19.8 Å². The second kappa shape index (κ2) is 6.06. The zero-order valence-corrected chi connectivity index (χ0v) is 14.0. The largest absolute Gasteiger partial charge is 0.388 e. The van der Waals surface area contributed by atoms with Crippen molar-refractivity contribution in [1.82, 2.24) is 10.2 Å². The fraction of sp³-hybridized carbons (Fsp3) is 0.882. The fourth-order valence-electron chi connectivity index (χ4n) is 4.88. The molecule has 0 aromatic carbocycles. The highest BCUT2D eigenvalue weighted by Crippen LogP contribution is 2.46. The lowest BCUT2D eigenvalue weighted by molar-refractivity contribution is -0.206.